The lowest BCUT2D eigenvalue weighted by Gasteiger charge is -2.23. The number of benzene rings is 1. The molecule has 5 heteroatoms. The van der Waals surface area contributed by atoms with Crippen LogP contribution < -0.4 is 10.1 Å². The predicted octanol–water partition coefficient (Wildman–Crippen LogP) is 3.58. The van der Waals surface area contributed by atoms with Crippen molar-refractivity contribution in [3.8, 4) is 5.75 Å². The average Bonchev–Trinajstić information content (AvgIpc) is 3.04. The predicted molar refractivity (Wildman–Crippen MR) is 89.7 cm³/mol. The van der Waals surface area contributed by atoms with Gasteiger partial charge in [-0.05, 0) is 30.5 Å². The highest BCUT2D eigenvalue weighted by Crippen LogP contribution is 2.29. The maximum absolute atomic E-state index is 12.3. The number of amides is 1. The van der Waals surface area contributed by atoms with Crippen molar-refractivity contribution in [2.75, 3.05) is 12.4 Å². The van der Waals surface area contributed by atoms with E-state index in [1.807, 2.05) is 35.0 Å². The van der Waals surface area contributed by atoms with Crippen LogP contribution in [0.2, 0.25) is 0 Å². The Morgan fingerprint density at radius 3 is 2.65 bits per heavy atom. The van der Waals surface area contributed by atoms with Crippen LogP contribution >= 0.6 is 0 Å². The quantitative estimate of drug-likeness (QED) is 0.918. The van der Waals surface area contributed by atoms with Crippen LogP contribution in [0.15, 0.2) is 36.5 Å². The van der Waals surface area contributed by atoms with Crippen molar-refractivity contribution in [3.63, 3.8) is 0 Å². The molecular weight excluding hydrogens is 290 g/mol. The number of rotatable bonds is 5. The molecule has 1 aromatic carbocycles. The van der Waals surface area contributed by atoms with E-state index in [9.17, 15) is 4.79 Å². The van der Waals surface area contributed by atoms with Gasteiger partial charge in [0.2, 0.25) is 5.91 Å². The smallest absolute Gasteiger partial charge is 0.229 e. The standard InChI is InChI=1S/C18H23N3O2/c1-23-16-9-7-14(8-10-16)13-18(22)20-17-11-12-19-21(17)15-5-3-2-4-6-15/h7-12,15H,2-6,13H2,1H3,(H,20,22). The first-order valence-electron chi connectivity index (χ1n) is 8.22. The average molecular weight is 313 g/mol. The Balaban J connectivity index is 1.62. The number of anilines is 1. The zero-order chi connectivity index (χ0) is 16.1. The molecule has 2 aromatic rings. The number of carbonyl (C=O) groups is 1. The fraction of sp³-hybridized carbons (Fsp3) is 0.444. The molecule has 1 aromatic heterocycles. The van der Waals surface area contributed by atoms with E-state index >= 15 is 0 Å². The minimum absolute atomic E-state index is 0.0206. The van der Waals surface area contributed by atoms with E-state index in [1.165, 1.54) is 19.3 Å². The van der Waals surface area contributed by atoms with Gasteiger partial charge in [-0.1, -0.05) is 31.4 Å². The largest absolute Gasteiger partial charge is 0.497 e. The van der Waals surface area contributed by atoms with Gasteiger partial charge in [0.05, 0.1) is 25.8 Å². The summed E-state index contributed by atoms with van der Waals surface area (Å²) in [6.45, 7) is 0. The number of hydrogen-bond acceptors (Lipinski definition) is 3. The molecule has 1 fully saturated rings. The second-order valence-electron chi connectivity index (χ2n) is 6.03. The van der Waals surface area contributed by atoms with E-state index in [1.54, 1.807) is 13.3 Å². The van der Waals surface area contributed by atoms with Gasteiger partial charge in [0, 0.05) is 6.07 Å². The molecule has 1 N–H and O–H groups in total. The first kappa shape index (κ1) is 15.6. The first-order chi connectivity index (χ1) is 11.3. The molecule has 3 rings (SSSR count). The van der Waals surface area contributed by atoms with Gasteiger partial charge in [0.1, 0.15) is 11.6 Å². The van der Waals surface area contributed by atoms with E-state index in [4.69, 9.17) is 4.74 Å². The maximum Gasteiger partial charge on any atom is 0.229 e. The number of nitrogens with zero attached hydrogens (tertiary/aromatic N) is 2. The molecule has 0 spiro atoms. The summed E-state index contributed by atoms with van der Waals surface area (Å²) in [7, 11) is 1.63. The van der Waals surface area contributed by atoms with Crippen molar-refractivity contribution in [2.24, 2.45) is 0 Å². The summed E-state index contributed by atoms with van der Waals surface area (Å²) >= 11 is 0. The molecule has 0 saturated heterocycles. The normalized spacial score (nSPS) is 15.3. The van der Waals surface area contributed by atoms with E-state index in [-0.39, 0.29) is 5.91 Å². The molecule has 1 heterocycles. The molecule has 5 nitrogen and oxygen atoms in total. The van der Waals surface area contributed by atoms with Gasteiger partial charge in [-0.25, -0.2) is 4.68 Å². The lowest BCUT2D eigenvalue weighted by atomic mass is 9.96. The minimum Gasteiger partial charge on any atom is -0.497 e. The van der Waals surface area contributed by atoms with Crippen LogP contribution in [0.5, 0.6) is 5.75 Å². The van der Waals surface area contributed by atoms with E-state index in [0.29, 0.717) is 12.5 Å². The number of aromatic nitrogens is 2. The lowest BCUT2D eigenvalue weighted by molar-refractivity contribution is -0.115. The van der Waals surface area contributed by atoms with E-state index < -0.39 is 0 Å². The van der Waals surface area contributed by atoms with Gasteiger partial charge in [0.25, 0.3) is 0 Å². The Bertz CT molecular complexity index is 643. The van der Waals surface area contributed by atoms with Crippen molar-refractivity contribution >= 4 is 11.7 Å². The first-order valence-corrected chi connectivity index (χ1v) is 8.22. The van der Waals surface area contributed by atoms with Gasteiger partial charge in [-0.2, -0.15) is 5.10 Å². The van der Waals surface area contributed by atoms with Gasteiger partial charge in [-0.15, -0.1) is 0 Å². The summed E-state index contributed by atoms with van der Waals surface area (Å²) in [5.41, 5.74) is 0.965. The maximum atomic E-state index is 12.3. The van der Waals surface area contributed by atoms with Gasteiger partial charge in [-0.3, -0.25) is 4.79 Å². The van der Waals surface area contributed by atoms with Crippen LogP contribution in [-0.4, -0.2) is 22.8 Å². The van der Waals surface area contributed by atoms with Gasteiger partial charge < -0.3 is 10.1 Å². The molecule has 0 unspecified atom stereocenters. The fourth-order valence-electron chi connectivity index (χ4n) is 3.15. The van der Waals surface area contributed by atoms with Crippen LogP contribution in [0.25, 0.3) is 0 Å². The monoisotopic (exact) mass is 313 g/mol. The molecule has 1 aliphatic carbocycles. The fourth-order valence-corrected chi connectivity index (χ4v) is 3.15. The summed E-state index contributed by atoms with van der Waals surface area (Å²) in [6.07, 6.45) is 8.17. The van der Waals surface area contributed by atoms with E-state index in [0.717, 1.165) is 30.0 Å². The topological polar surface area (TPSA) is 56.1 Å². The summed E-state index contributed by atoms with van der Waals surface area (Å²) < 4.78 is 7.11. The van der Waals surface area contributed by atoms with Crippen LogP contribution in [0.4, 0.5) is 5.82 Å². The highest BCUT2D eigenvalue weighted by Gasteiger charge is 2.19. The molecule has 0 radical (unpaired) electrons. The Labute approximate surface area is 136 Å². The molecule has 1 amide bonds. The van der Waals surface area contributed by atoms with Crippen molar-refractivity contribution in [1.82, 2.24) is 9.78 Å². The van der Waals surface area contributed by atoms with Gasteiger partial charge in [0.15, 0.2) is 0 Å². The highest BCUT2D eigenvalue weighted by atomic mass is 16.5. The molecule has 0 aliphatic heterocycles. The molecule has 0 bridgehead atoms. The molecule has 23 heavy (non-hydrogen) atoms. The zero-order valence-electron chi connectivity index (χ0n) is 13.5. The Kier molecular flexibility index (Phi) is 4.95. The third kappa shape index (κ3) is 3.92. The molecule has 122 valence electrons. The third-order valence-corrected chi connectivity index (χ3v) is 4.38. The molecule has 1 aliphatic rings. The van der Waals surface area contributed by atoms with Crippen LogP contribution in [0.3, 0.4) is 0 Å². The van der Waals surface area contributed by atoms with Crippen molar-refractivity contribution < 1.29 is 9.53 Å². The summed E-state index contributed by atoms with van der Waals surface area (Å²) in [5, 5.41) is 7.40. The Hall–Kier alpha value is -2.30. The third-order valence-electron chi connectivity index (χ3n) is 4.38. The molecule has 0 atom stereocenters. The van der Waals surface area contributed by atoms with Crippen molar-refractivity contribution in [2.45, 2.75) is 44.6 Å². The lowest BCUT2D eigenvalue weighted by Crippen LogP contribution is -2.21. The van der Waals surface area contributed by atoms with Crippen LogP contribution in [0, 0.1) is 0 Å². The molecule has 1 saturated carbocycles. The minimum atomic E-state index is -0.0206. The van der Waals surface area contributed by atoms with Crippen LogP contribution in [0.1, 0.15) is 43.7 Å². The van der Waals surface area contributed by atoms with Crippen LogP contribution in [-0.2, 0) is 11.2 Å². The summed E-state index contributed by atoms with van der Waals surface area (Å²) in [6, 6.07) is 9.85. The number of hydrogen-bond donors (Lipinski definition) is 1. The molecular formula is C18H23N3O2. The zero-order valence-corrected chi connectivity index (χ0v) is 13.5. The van der Waals surface area contributed by atoms with Crippen molar-refractivity contribution in [3.05, 3.63) is 42.1 Å². The number of methoxy groups -OCH3 is 1. The second-order valence-corrected chi connectivity index (χ2v) is 6.03. The highest BCUT2D eigenvalue weighted by molar-refractivity contribution is 5.91. The Morgan fingerprint density at radius 1 is 1.22 bits per heavy atom. The number of ether oxygens (including phenoxy) is 1. The SMILES string of the molecule is COc1ccc(CC(=O)Nc2ccnn2C2CCCCC2)cc1. The summed E-state index contributed by atoms with van der Waals surface area (Å²) in [5.74, 6) is 1.58. The number of nitrogens with one attached hydrogen (secondary N) is 1. The summed E-state index contributed by atoms with van der Waals surface area (Å²) in [4.78, 5) is 12.3. The number of carbonyl (C=O) groups excluding carboxylic acids is 1. The second kappa shape index (κ2) is 7.31. The van der Waals surface area contributed by atoms with Gasteiger partial charge >= 0.3 is 0 Å². The Morgan fingerprint density at radius 2 is 1.96 bits per heavy atom. The van der Waals surface area contributed by atoms with Crippen molar-refractivity contribution in [1.29, 1.82) is 0 Å². The van der Waals surface area contributed by atoms with E-state index in [2.05, 4.69) is 10.4 Å².